The quantitative estimate of drug-likeness (QED) is 0.208. The number of rotatable bonds is 12. The van der Waals surface area contributed by atoms with Crippen molar-refractivity contribution in [2.24, 2.45) is 0 Å². The Morgan fingerprint density at radius 1 is 0.833 bits per heavy atom. The Hall–Kier alpha value is -2.17. The van der Waals surface area contributed by atoms with Crippen LogP contribution in [0.5, 0.6) is 5.75 Å². The number of amides is 1. The van der Waals surface area contributed by atoms with Crippen LogP contribution in [-0.4, -0.2) is 85.7 Å². The molecule has 11 nitrogen and oxygen atoms in total. The first kappa shape index (κ1) is 42.0. The van der Waals surface area contributed by atoms with E-state index in [0.29, 0.717) is 29.7 Å². The van der Waals surface area contributed by atoms with E-state index in [1.54, 1.807) is 20.8 Å². The van der Waals surface area contributed by atoms with E-state index in [4.69, 9.17) is 14.5 Å². The SMILES string of the molecule is CC(C)(C)OC(=O)N[C@@H](Cc1ccc(OP(=O)(O)O)cc1)C(=O)O.CCN(C(C)C)C(C)C.CCN(C(C)C)C(C)C. The van der Waals surface area contributed by atoms with Gasteiger partial charge < -0.3 is 19.7 Å². The van der Waals surface area contributed by atoms with Gasteiger partial charge in [-0.2, -0.15) is 0 Å². The predicted octanol–water partition coefficient (Wildman–Crippen LogP) is 5.93. The summed E-state index contributed by atoms with van der Waals surface area (Å²) in [5.41, 5.74) is -0.231. The molecule has 0 saturated carbocycles. The van der Waals surface area contributed by atoms with E-state index in [1.165, 1.54) is 24.3 Å². The lowest BCUT2D eigenvalue weighted by molar-refractivity contribution is -0.139. The molecule has 12 heteroatoms. The Kier molecular flexibility index (Phi) is 19.9. The van der Waals surface area contributed by atoms with Gasteiger partial charge in [0.25, 0.3) is 0 Å². The first-order chi connectivity index (χ1) is 19.0. The van der Waals surface area contributed by atoms with Crippen molar-refractivity contribution in [3.05, 3.63) is 29.8 Å². The fourth-order valence-corrected chi connectivity index (χ4v) is 4.76. The lowest BCUT2D eigenvalue weighted by Crippen LogP contribution is -2.44. The van der Waals surface area contributed by atoms with E-state index in [0.717, 1.165) is 13.1 Å². The zero-order valence-electron chi connectivity index (χ0n) is 28.0. The Bertz CT molecular complexity index is 905. The predicted molar refractivity (Wildman–Crippen MR) is 169 cm³/mol. The van der Waals surface area contributed by atoms with Crippen LogP contribution in [0.4, 0.5) is 4.79 Å². The monoisotopic (exact) mass is 619 g/mol. The number of hydrogen-bond acceptors (Lipinski definition) is 7. The number of phosphoric acid groups is 1. The number of carboxylic acid groups (broad SMARTS) is 1. The van der Waals surface area contributed by atoms with Crippen molar-refractivity contribution < 1.29 is 38.3 Å². The van der Waals surface area contributed by atoms with Gasteiger partial charge in [0, 0.05) is 30.6 Å². The Morgan fingerprint density at radius 2 is 1.21 bits per heavy atom. The summed E-state index contributed by atoms with van der Waals surface area (Å²) in [5.74, 6) is -1.30. The molecule has 0 unspecified atom stereocenters. The smallest absolute Gasteiger partial charge is 0.480 e. The van der Waals surface area contributed by atoms with Crippen LogP contribution in [0.2, 0.25) is 0 Å². The van der Waals surface area contributed by atoms with E-state index in [2.05, 4.69) is 88.9 Å². The van der Waals surface area contributed by atoms with Crippen molar-refractivity contribution in [1.82, 2.24) is 15.1 Å². The van der Waals surface area contributed by atoms with Crippen LogP contribution in [0, 0.1) is 0 Å². The van der Waals surface area contributed by atoms with Crippen molar-refractivity contribution in [2.75, 3.05) is 13.1 Å². The molecule has 0 aromatic heterocycles. The molecule has 0 bridgehead atoms. The highest BCUT2D eigenvalue weighted by atomic mass is 31.2. The average Bonchev–Trinajstić information content (AvgIpc) is 2.78. The number of nitrogens with zero attached hydrogens (tertiary/aromatic N) is 2. The summed E-state index contributed by atoms with van der Waals surface area (Å²) in [6.45, 7) is 29.6. The average molecular weight is 620 g/mol. The van der Waals surface area contributed by atoms with Crippen LogP contribution in [0.15, 0.2) is 24.3 Å². The molecule has 1 atom stereocenters. The molecule has 246 valence electrons. The van der Waals surface area contributed by atoms with Crippen LogP contribution in [0.25, 0.3) is 0 Å². The van der Waals surface area contributed by atoms with E-state index < -0.39 is 31.5 Å². The van der Waals surface area contributed by atoms with E-state index in [-0.39, 0.29) is 12.2 Å². The number of phosphoric ester groups is 1. The first-order valence-corrected chi connectivity index (χ1v) is 16.1. The summed E-state index contributed by atoms with van der Waals surface area (Å²) in [6.07, 6.45) is -0.888. The maximum atomic E-state index is 11.7. The summed E-state index contributed by atoms with van der Waals surface area (Å²) >= 11 is 0. The molecule has 0 aliphatic rings. The van der Waals surface area contributed by atoms with E-state index in [9.17, 15) is 19.3 Å². The molecule has 1 rings (SSSR count). The molecule has 1 aromatic rings. The zero-order chi connectivity index (χ0) is 33.4. The fourth-order valence-electron chi connectivity index (χ4n) is 4.36. The minimum Gasteiger partial charge on any atom is -0.480 e. The number of carboxylic acids is 1. The number of benzene rings is 1. The van der Waals surface area contributed by atoms with Crippen LogP contribution < -0.4 is 9.84 Å². The Balaban J connectivity index is 0. The third-order valence-electron chi connectivity index (χ3n) is 5.96. The number of nitrogens with one attached hydrogen (secondary N) is 1. The molecular formula is C30H58N3O8P. The molecule has 0 aliphatic carbocycles. The van der Waals surface area contributed by atoms with Gasteiger partial charge in [-0.3, -0.25) is 19.6 Å². The molecule has 1 aromatic carbocycles. The molecule has 0 radical (unpaired) electrons. The van der Waals surface area contributed by atoms with E-state index in [1.807, 2.05) is 0 Å². The number of hydrogen-bond donors (Lipinski definition) is 4. The minimum atomic E-state index is -4.65. The molecule has 42 heavy (non-hydrogen) atoms. The lowest BCUT2D eigenvalue weighted by atomic mass is 10.1. The highest BCUT2D eigenvalue weighted by molar-refractivity contribution is 7.46. The van der Waals surface area contributed by atoms with Crippen molar-refractivity contribution in [3.63, 3.8) is 0 Å². The van der Waals surface area contributed by atoms with Gasteiger partial charge in [-0.1, -0.05) is 26.0 Å². The fraction of sp³-hybridized carbons (Fsp3) is 0.733. The number of carbonyl (C=O) groups excluding carboxylic acids is 1. The minimum absolute atomic E-state index is 0.0369. The first-order valence-electron chi connectivity index (χ1n) is 14.6. The summed E-state index contributed by atoms with van der Waals surface area (Å²) in [4.78, 5) is 45.3. The molecule has 4 N–H and O–H groups in total. The number of carbonyl (C=O) groups is 2. The third kappa shape index (κ3) is 20.7. The van der Waals surface area contributed by atoms with Crippen molar-refractivity contribution >= 4 is 19.9 Å². The lowest BCUT2D eigenvalue weighted by Gasteiger charge is -2.28. The number of alkyl carbamates (subject to hydrolysis) is 1. The number of aliphatic carboxylic acids is 1. The number of ether oxygens (including phenoxy) is 1. The summed E-state index contributed by atoms with van der Waals surface area (Å²) in [7, 11) is -4.65. The van der Waals surface area contributed by atoms with Gasteiger partial charge in [0.15, 0.2) is 0 Å². The Labute approximate surface area is 254 Å². The van der Waals surface area contributed by atoms with Gasteiger partial charge in [-0.05, 0) is 107 Å². The maximum Gasteiger partial charge on any atom is 0.524 e. The normalized spacial score (nSPS) is 12.6. The molecule has 1 amide bonds. The van der Waals surface area contributed by atoms with Gasteiger partial charge in [0.2, 0.25) is 0 Å². The van der Waals surface area contributed by atoms with E-state index >= 15 is 0 Å². The highest BCUT2D eigenvalue weighted by Gasteiger charge is 2.24. The van der Waals surface area contributed by atoms with Gasteiger partial charge >= 0.3 is 19.9 Å². The molecule has 0 aliphatic heterocycles. The second-order valence-electron chi connectivity index (χ2n) is 12.0. The standard InChI is InChI=1S/C14H20NO8P.2C8H19N/c1-14(2,3)22-13(18)15-11(12(16)17)8-9-4-6-10(7-5-9)23-24(19,20)21;2*1-6-9(7(2)3)8(4)5/h4-7,11H,8H2,1-3H3,(H,15,18)(H,16,17)(H2,19,20,21);2*7-8H,6H2,1-5H3/t11-;;/m0../s1. The van der Waals surface area contributed by atoms with Crippen molar-refractivity contribution in [2.45, 2.75) is 132 Å². The largest absolute Gasteiger partial charge is 0.524 e. The van der Waals surface area contributed by atoms with Gasteiger partial charge in [-0.25, -0.2) is 14.2 Å². The van der Waals surface area contributed by atoms with Gasteiger partial charge in [0.05, 0.1) is 0 Å². The second kappa shape index (κ2) is 19.9. The zero-order valence-corrected chi connectivity index (χ0v) is 28.9. The van der Waals surface area contributed by atoms with Crippen molar-refractivity contribution in [3.8, 4) is 5.75 Å². The van der Waals surface area contributed by atoms with Crippen molar-refractivity contribution in [1.29, 1.82) is 0 Å². The van der Waals surface area contributed by atoms with Crippen LogP contribution in [-0.2, 0) is 20.5 Å². The maximum absolute atomic E-state index is 11.7. The topological polar surface area (TPSA) is 149 Å². The van der Waals surface area contributed by atoms with Crippen LogP contribution in [0.3, 0.4) is 0 Å². The molecule has 0 heterocycles. The summed E-state index contributed by atoms with van der Waals surface area (Å²) in [5, 5.41) is 11.4. The third-order valence-corrected chi connectivity index (χ3v) is 6.41. The van der Waals surface area contributed by atoms with Gasteiger partial charge in [0.1, 0.15) is 17.4 Å². The van der Waals surface area contributed by atoms with Gasteiger partial charge in [-0.15, -0.1) is 0 Å². The van der Waals surface area contributed by atoms with Crippen LogP contribution >= 0.6 is 7.82 Å². The Morgan fingerprint density at radius 3 is 1.45 bits per heavy atom. The molecule has 0 spiro atoms. The second-order valence-corrected chi connectivity index (χ2v) is 13.2. The molecule has 0 saturated heterocycles. The highest BCUT2D eigenvalue weighted by Crippen LogP contribution is 2.37. The summed E-state index contributed by atoms with van der Waals surface area (Å²) in [6, 6.07) is 7.01. The molecule has 0 fully saturated rings. The summed E-state index contributed by atoms with van der Waals surface area (Å²) < 4.78 is 20.1. The van der Waals surface area contributed by atoms with Crippen LogP contribution in [0.1, 0.15) is 95.6 Å². The molecular weight excluding hydrogens is 561 g/mol.